The number of hydrogen-bond acceptors (Lipinski definition) is 3. The van der Waals surface area contributed by atoms with Crippen molar-refractivity contribution in [2.45, 2.75) is 52.2 Å². The predicted molar refractivity (Wildman–Crippen MR) is 85.0 cm³/mol. The second-order valence-corrected chi connectivity index (χ2v) is 6.37. The van der Waals surface area contributed by atoms with Crippen molar-refractivity contribution in [2.24, 2.45) is 13.0 Å². The summed E-state index contributed by atoms with van der Waals surface area (Å²) in [6.45, 7) is 8.39. The standard InChI is InChI=1S/C15H26BrN3O/c1-5-12-15(16)14(19(4)18-12)9-13(17-6-2)11-7-8-20-10(11)3/h10-11,13,17H,5-9H2,1-4H3. The van der Waals surface area contributed by atoms with E-state index in [0.29, 0.717) is 18.1 Å². The molecular formula is C15H26BrN3O. The summed E-state index contributed by atoms with van der Waals surface area (Å²) in [5, 5.41) is 8.24. The Labute approximate surface area is 130 Å². The van der Waals surface area contributed by atoms with Crippen LogP contribution in [0.15, 0.2) is 4.47 Å². The van der Waals surface area contributed by atoms with Crippen LogP contribution in [-0.2, 0) is 24.6 Å². The molecule has 5 heteroatoms. The van der Waals surface area contributed by atoms with Gasteiger partial charge in [0.05, 0.1) is 22.0 Å². The average molecular weight is 344 g/mol. The van der Waals surface area contributed by atoms with Crippen LogP contribution in [0.25, 0.3) is 0 Å². The summed E-state index contributed by atoms with van der Waals surface area (Å²) in [6, 6.07) is 0.453. The van der Waals surface area contributed by atoms with Gasteiger partial charge in [-0.05, 0) is 42.2 Å². The Bertz CT molecular complexity index is 447. The molecule has 2 rings (SSSR count). The normalized spacial score (nSPS) is 24.2. The monoisotopic (exact) mass is 343 g/mol. The highest BCUT2D eigenvalue weighted by Crippen LogP contribution is 2.29. The molecule has 0 aromatic carbocycles. The van der Waals surface area contributed by atoms with Gasteiger partial charge in [-0.25, -0.2) is 0 Å². The number of hydrogen-bond donors (Lipinski definition) is 1. The summed E-state index contributed by atoms with van der Waals surface area (Å²) in [7, 11) is 2.04. The Morgan fingerprint density at radius 1 is 1.50 bits per heavy atom. The van der Waals surface area contributed by atoms with Gasteiger partial charge in [0, 0.05) is 32.0 Å². The molecule has 1 aromatic rings. The van der Waals surface area contributed by atoms with Crippen LogP contribution in [0.4, 0.5) is 0 Å². The molecule has 1 saturated heterocycles. The van der Waals surface area contributed by atoms with Crippen molar-refractivity contribution in [1.29, 1.82) is 0 Å². The third kappa shape index (κ3) is 3.26. The van der Waals surface area contributed by atoms with E-state index in [2.05, 4.69) is 47.1 Å². The van der Waals surface area contributed by atoms with Gasteiger partial charge < -0.3 is 10.1 Å². The minimum Gasteiger partial charge on any atom is -0.378 e. The highest BCUT2D eigenvalue weighted by molar-refractivity contribution is 9.10. The van der Waals surface area contributed by atoms with Crippen molar-refractivity contribution in [1.82, 2.24) is 15.1 Å². The predicted octanol–water partition coefficient (Wildman–Crippen LogP) is 2.69. The van der Waals surface area contributed by atoms with Crippen molar-refractivity contribution in [3.63, 3.8) is 0 Å². The van der Waals surface area contributed by atoms with E-state index >= 15 is 0 Å². The zero-order valence-electron chi connectivity index (χ0n) is 12.9. The van der Waals surface area contributed by atoms with Crippen LogP contribution >= 0.6 is 15.9 Å². The van der Waals surface area contributed by atoms with Gasteiger partial charge in [0.25, 0.3) is 0 Å². The maximum absolute atomic E-state index is 5.74. The van der Waals surface area contributed by atoms with Gasteiger partial charge in [0.15, 0.2) is 0 Å². The maximum atomic E-state index is 5.74. The van der Waals surface area contributed by atoms with Crippen LogP contribution in [0, 0.1) is 5.92 Å². The Hall–Kier alpha value is -0.390. The molecule has 1 fully saturated rings. The SMILES string of the molecule is CCNC(Cc1c(Br)c(CC)nn1C)C1CCOC1C. The van der Waals surface area contributed by atoms with Crippen molar-refractivity contribution in [3.8, 4) is 0 Å². The Morgan fingerprint density at radius 2 is 2.25 bits per heavy atom. The van der Waals surface area contributed by atoms with Gasteiger partial charge in [0.1, 0.15) is 0 Å². The molecule has 0 radical (unpaired) electrons. The molecule has 1 aromatic heterocycles. The van der Waals surface area contributed by atoms with Crippen LogP contribution in [0.3, 0.4) is 0 Å². The molecule has 0 amide bonds. The molecule has 114 valence electrons. The summed E-state index contributed by atoms with van der Waals surface area (Å²) in [5.41, 5.74) is 2.43. The van der Waals surface area contributed by atoms with Gasteiger partial charge in [0.2, 0.25) is 0 Å². The summed E-state index contributed by atoms with van der Waals surface area (Å²) >= 11 is 3.72. The summed E-state index contributed by atoms with van der Waals surface area (Å²) in [6.07, 6.45) is 3.45. The summed E-state index contributed by atoms with van der Waals surface area (Å²) in [4.78, 5) is 0. The van der Waals surface area contributed by atoms with Gasteiger partial charge in [-0.3, -0.25) is 4.68 Å². The third-order valence-electron chi connectivity index (χ3n) is 4.33. The van der Waals surface area contributed by atoms with Crippen molar-refractivity contribution < 1.29 is 4.74 Å². The van der Waals surface area contributed by atoms with E-state index in [4.69, 9.17) is 4.74 Å². The van der Waals surface area contributed by atoms with Gasteiger partial charge >= 0.3 is 0 Å². The minimum atomic E-state index is 0.344. The van der Waals surface area contributed by atoms with E-state index in [9.17, 15) is 0 Å². The number of aromatic nitrogens is 2. The van der Waals surface area contributed by atoms with E-state index in [1.807, 2.05) is 11.7 Å². The molecule has 0 spiro atoms. The van der Waals surface area contributed by atoms with Gasteiger partial charge in [-0.15, -0.1) is 0 Å². The molecule has 0 aliphatic carbocycles. The van der Waals surface area contributed by atoms with Crippen LogP contribution in [0.5, 0.6) is 0 Å². The van der Waals surface area contributed by atoms with Gasteiger partial charge in [-0.2, -0.15) is 5.10 Å². The van der Waals surface area contributed by atoms with E-state index in [-0.39, 0.29) is 0 Å². The molecular weight excluding hydrogens is 318 g/mol. The molecule has 0 bridgehead atoms. The minimum absolute atomic E-state index is 0.344. The fourth-order valence-corrected chi connectivity index (χ4v) is 3.94. The van der Waals surface area contributed by atoms with Crippen LogP contribution in [0.2, 0.25) is 0 Å². The molecule has 3 unspecified atom stereocenters. The number of ether oxygens (including phenoxy) is 1. The molecule has 1 aliphatic heterocycles. The molecule has 0 saturated carbocycles. The fourth-order valence-electron chi connectivity index (χ4n) is 3.16. The second-order valence-electron chi connectivity index (χ2n) is 5.58. The first kappa shape index (κ1) is 16.0. The molecule has 3 atom stereocenters. The Balaban J connectivity index is 2.17. The molecule has 4 nitrogen and oxygen atoms in total. The fraction of sp³-hybridized carbons (Fsp3) is 0.800. The number of halogens is 1. The lowest BCUT2D eigenvalue weighted by Crippen LogP contribution is -2.41. The zero-order chi connectivity index (χ0) is 14.7. The lowest BCUT2D eigenvalue weighted by Gasteiger charge is -2.26. The number of rotatable bonds is 6. The summed E-state index contributed by atoms with van der Waals surface area (Å²) < 4.78 is 8.94. The highest BCUT2D eigenvalue weighted by Gasteiger charge is 2.32. The number of nitrogens with zero attached hydrogens (tertiary/aromatic N) is 2. The van der Waals surface area contributed by atoms with Crippen LogP contribution < -0.4 is 5.32 Å². The number of aryl methyl sites for hydroxylation is 2. The average Bonchev–Trinajstić information content (AvgIpc) is 2.96. The lowest BCUT2D eigenvalue weighted by atomic mass is 9.90. The van der Waals surface area contributed by atoms with Crippen molar-refractivity contribution in [3.05, 3.63) is 15.9 Å². The Kier molecular flexibility index (Phi) is 5.64. The number of likely N-dealkylation sites (N-methyl/N-ethyl adjacent to an activating group) is 1. The number of nitrogens with one attached hydrogen (secondary N) is 1. The largest absolute Gasteiger partial charge is 0.378 e. The summed E-state index contributed by atoms with van der Waals surface area (Å²) in [5.74, 6) is 0.585. The smallest absolute Gasteiger partial charge is 0.0766 e. The zero-order valence-corrected chi connectivity index (χ0v) is 14.5. The molecule has 1 aliphatic rings. The van der Waals surface area contributed by atoms with Crippen molar-refractivity contribution in [2.75, 3.05) is 13.2 Å². The third-order valence-corrected chi connectivity index (χ3v) is 5.25. The molecule has 1 N–H and O–H groups in total. The molecule has 20 heavy (non-hydrogen) atoms. The molecule has 2 heterocycles. The maximum Gasteiger partial charge on any atom is 0.0766 e. The second kappa shape index (κ2) is 7.05. The first-order valence-electron chi connectivity index (χ1n) is 7.63. The van der Waals surface area contributed by atoms with Crippen LogP contribution in [-0.4, -0.2) is 35.1 Å². The quantitative estimate of drug-likeness (QED) is 0.862. The first-order valence-corrected chi connectivity index (χ1v) is 8.42. The van der Waals surface area contributed by atoms with E-state index < -0.39 is 0 Å². The topological polar surface area (TPSA) is 39.1 Å². The van der Waals surface area contributed by atoms with Gasteiger partial charge in [-0.1, -0.05) is 13.8 Å². The lowest BCUT2D eigenvalue weighted by molar-refractivity contribution is 0.0953. The van der Waals surface area contributed by atoms with Crippen LogP contribution in [0.1, 0.15) is 38.6 Å². The van der Waals surface area contributed by atoms with E-state index in [0.717, 1.165) is 38.1 Å². The van der Waals surface area contributed by atoms with E-state index in [1.54, 1.807) is 0 Å². The first-order chi connectivity index (χ1) is 9.58. The Morgan fingerprint density at radius 3 is 2.75 bits per heavy atom. The van der Waals surface area contributed by atoms with Crippen molar-refractivity contribution >= 4 is 15.9 Å². The van der Waals surface area contributed by atoms with E-state index in [1.165, 1.54) is 10.2 Å². The highest BCUT2D eigenvalue weighted by atomic mass is 79.9.